The smallest absolute Gasteiger partial charge is 0.306 e. The first-order valence-electron chi connectivity index (χ1n) is 18.6. The molecule has 3 N–H and O–H groups in total. The fraction of sp³-hybridized carbons (Fsp3) is 0.452. The first-order chi connectivity index (χ1) is 25.9. The molecule has 2 aliphatic heterocycles. The number of nitrogens with one attached hydrogen (secondary N) is 3. The number of rotatable bonds is 20. The summed E-state index contributed by atoms with van der Waals surface area (Å²) in [6.07, 6.45) is 12.1. The number of hydrogen-bond donors (Lipinski definition) is 4. The molecule has 2 aliphatic rings. The van der Waals surface area contributed by atoms with Crippen molar-refractivity contribution >= 4 is 60.3 Å². The van der Waals surface area contributed by atoms with Crippen LogP contribution in [0.4, 0.5) is 0 Å². The van der Waals surface area contributed by atoms with Crippen molar-refractivity contribution in [3.8, 4) is 0 Å². The highest BCUT2D eigenvalue weighted by Crippen LogP contribution is 2.32. The monoisotopic (exact) mass is 758 g/mol. The van der Waals surface area contributed by atoms with Crippen LogP contribution in [0.2, 0.25) is 0 Å². The molecule has 1 fully saturated rings. The molecule has 12 heteroatoms. The zero-order valence-electron chi connectivity index (χ0n) is 32.2. The van der Waals surface area contributed by atoms with Crippen LogP contribution in [-0.2, 0) is 46.2 Å². The Kier molecular flexibility index (Phi) is 15.7. The summed E-state index contributed by atoms with van der Waals surface area (Å²) >= 11 is 4.22. The zero-order valence-corrected chi connectivity index (χ0v) is 33.1. The summed E-state index contributed by atoms with van der Waals surface area (Å²) in [5, 5.41) is 4.56. The molecule has 4 rings (SSSR count). The van der Waals surface area contributed by atoms with Gasteiger partial charge in [0.2, 0.25) is 5.91 Å². The lowest BCUT2D eigenvalue weighted by molar-refractivity contribution is -0.143. The number of esters is 2. The number of allylic oxidation sites excluding steroid dienone is 2. The summed E-state index contributed by atoms with van der Waals surface area (Å²) in [7, 11) is 0. The fourth-order valence-electron chi connectivity index (χ4n) is 6.85. The molecule has 2 aromatic rings. The summed E-state index contributed by atoms with van der Waals surface area (Å²) in [5.41, 5.74) is 8.11. The average Bonchev–Trinajstić information content (AvgIpc) is 3.80. The number of aromatic amines is 2. The number of hydrogen-bond acceptors (Lipinski definition) is 8. The van der Waals surface area contributed by atoms with Gasteiger partial charge in [-0.15, -0.1) is 0 Å². The topological polar surface area (TPSA) is 152 Å². The minimum absolute atomic E-state index is 0.000434. The molecule has 0 aliphatic carbocycles. The lowest BCUT2D eigenvalue weighted by Gasteiger charge is -2.11. The van der Waals surface area contributed by atoms with E-state index in [0.717, 1.165) is 74.2 Å². The summed E-state index contributed by atoms with van der Waals surface area (Å²) in [6.45, 7) is 18.4. The van der Waals surface area contributed by atoms with Crippen LogP contribution in [0.5, 0.6) is 0 Å². The number of ether oxygens (including phenoxy) is 3. The highest BCUT2D eigenvalue weighted by atomic mass is 32.1. The number of aromatic nitrogens is 2. The van der Waals surface area contributed by atoms with Gasteiger partial charge in [0.05, 0.1) is 12.3 Å². The van der Waals surface area contributed by atoms with E-state index in [0.29, 0.717) is 43.8 Å². The third-order valence-corrected chi connectivity index (χ3v) is 10.4. The Balaban J connectivity index is 1.82. The summed E-state index contributed by atoms with van der Waals surface area (Å²) in [4.78, 5) is 62.2. The average molecular weight is 759 g/mol. The third kappa shape index (κ3) is 10.5. The van der Waals surface area contributed by atoms with Crippen LogP contribution in [0.15, 0.2) is 47.1 Å². The van der Waals surface area contributed by atoms with E-state index in [4.69, 9.17) is 14.2 Å². The minimum Gasteiger partial charge on any atom is -0.461 e. The maximum Gasteiger partial charge on any atom is 0.306 e. The Morgan fingerprint density at radius 3 is 2.15 bits per heavy atom. The number of H-pyrrole nitrogens is 2. The number of aliphatic imine (C=N–C) groups is 1. The van der Waals surface area contributed by atoms with E-state index in [1.54, 1.807) is 0 Å². The maximum atomic E-state index is 12.9. The molecule has 2 aromatic heterocycles. The van der Waals surface area contributed by atoms with E-state index in [1.165, 1.54) is 12.2 Å². The van der Waals surface area contributed by atoms with Gasteiger partial charge in [0.25, 0.3) is 5.91 Å². The van der Waals surface area contributed by atoms with E-state index in [2.05, 4.69) is 53.0 Å². The van der Waals surface area contributed by atoms with E-state index >= 15 is 0 Å². The van der Waals surface area contributed by atoms with Crippen molar-refractivity contribution in [3.63, 3.8) is 0 Å². The highest BCUT2D eigenvalue weighted by Gasteiger charge is 2.34. The van der Waals surface area contributed by atoms with Crippen molar-refractivity contribution in [2.75, 3.05) is 32.2 Å². The van der Waals surface area contributed by atoms with Crippen molar-refractivity contribution in [3.05, 3.63) is 86.5 Å². The van der Waals surface area contributed by atoms with Crippen LogP contribution in [0.1, 0.15) is 86.5 Å². The fourth-order valence-corrected chi connectivity index (χ4v) is 6.98. The quantitative estimate of drug-likeness (QED) is 0.0639. The van der Waals surface area contributed by atoms with E-state index in [-0.39, 0.29) is 61.6 Å². The second-order valence-corrected chi connectivity index (χ2v) is 14.0. The lowest BCUT2D eigenvalue weighted by Crippen LogP contribution is -2.16. The zero-order chi connectivity index (χ0) is 39.4. The Morgan fingerprint density at radius 2 is 1.52 bits per heavy atom. The van der Waals surface area contributed by atoms with Gasteiger partial charge in [0.1, 0.15) is 13.2 Å². The van der Waals surface area contributed by atoms with Crippen LogP contribution >= 0.6 is 12.6 Å². The van der Waals surface area contributed by atoms with Gasteiger partial charge in [0.15, 0.2) is 0 Å². The van der Waals surface area contributed by atoms with Crippen LogP contribution in [0.25, 0.3) is 18.2 Å². The first kappa shape index (κ1) is 42.1. The standard InChI is InChI=1S/C42H54N4O7S/c1-8-17-52-39(47)14-12-30-25(4)33(22-35-27(6)32(42(50)45-35)16-20-51-19-11-21-54)43-37(30)24-38-31(13-15-40(48)53-18-9-2)26(5)34(44-38)23-36-29(10-3)28(7)41(49)46-36/h8-9,22-24,28-29,43-44,54H,1-2,10-21H2,3-7H3,(H,46,49)/b33-22-,36-23-,37-24-. The van der Waals surface area contributed by atoms with Crippen molar-refractivity contribution < 1.29 is 33.4 Å². The van der Waals surface area contributed by atoms with Gasteiger partial charge in [0, 0.05) is 71.1 Å². The van der Waals surface area contributed by atoms with Crippen LogP contribution < -0.4 is 16.0 Å². The van der Waals surface area contributed by atoms with E-state index < -0.39 is 0 Å². The predicted molar refractivity (Wildman–Crippen MR) is 215 cm³/mol. The molecule has 0 spiro atoms. The second kappa shape index (κ2) is 20.1. The van der Waals surface area contributed by atoms with Crippen molar-refractivity contribution in [2.45, 2.75) is 79.6 Å². The molecular formula is C42H54N4O7S. The molecule has 2 amide bonds. The number of carbonyl (C=O) groups excluding carboxylic acids is 4. The summed E-state index contributed by atoms with van der Waals surface area (Å²) in [6, 6.07) is 0. The summed E-state index contributed by atoms with van der Waals surface area (Å²) in [5.74, 6) is -0.285. The van der Waals surface area contributed by atoms with Crippen molar-refractivity contribution in [2.24, 2.45) is 16.8 Å². The Bertz CT molecular complexity index is 1980. The number of amides is 2. The van der Waals surface area contributed by atoms with Gasteiger partial charge in [-0.1, -0.05) is 39.2 Å². The second-order valence-electron chi connectivity index (χ2n) is 13.6. The Morgan fingerprint density at radius 1 is 0.852 bits per heavy atom. The molecule has 0 bridgehead atoms. The molecule has 290 valence electrons. The van der Waals surface area contributed by atoms with Gasteiger partial charge in [-0.25, -0.2) is 4.99 Å². The lowest BCUT2D eigenvalue weighted by atomic mass is 9.92. The van der Waals surface area contributed by atoms with Gasteiger partial charge in [-0.3, -0.25) is 19.2 Å². The van der Waals surface area contributed by atoms with Crippen LogP contribution in [0, 0.1) is 25.7 Å². The number of thiol groups is 1. The SMILES string of the molecule is C=CCOC(=O)CCc1c(/C=c2\[nH]/c(=C\C3=NC(=O)C(CCOCCCS)=C3C)c(C)c2CCC(=O)OCC=C)[nH]c(/C=C2\NC(=O)C(C)C2CC)c1C. The molecule has 1 saturated heterocycles. The highest BCUT2D eigenvalue weighted by molar-refractivity contribution is 7.80. The van der Waals surface area contributed by atoms with Crippen molar-refractivity contribution in [1.29, 1.82) is 0 Å². The predicted octanol–water partition coefficient (Wildman–Crippen LogP) is 5.05. The minimum atomic E-state index is -0.348. The van der Waals surface area contributed by atoms with Gasteiger partial charge < -0.3 is 29.5 Å². The third-order valence-electron chi connectivity index (χ3n) is 10.0. The van der Waals surface area contributed by atoms with Crippen LogP contribution in [-0.4, -0.2) is 71.6 Å². The Hall–Kier alpha value is -4.68. The van der Waals surface area contributed by atoms with E-state index in [9.17, 15) is 19.2 Å². The number of nitrogens with zero attached hydrogens (tertiary/aromatic N) is 1. The molecule has 2 unspecified atom stereocenters. The Labute approximate surface area is 323 Å². The summed E-state index contributed by atoms with van der Waals surface area (Å²) < 4.78 is 16.2. The van der Waals surface area contributed by atoms with Gasteiger partial charge in [-0.2, -0.15) is 12.6 Å². The molecule has 54 heavy (non-hydrogen) atoms. The van der Waals surface area contributed by atoms with Gasteiger partial charge in [-0.05, 0) is 98.3 Å². The molecule has 2 atom stereocenters. The molecule has 4 heterocycles. The molecule has 0 saturated carbocycles. The van der Waals surface area contributed by atoms with E-state index in [1.807, 2.05) is 45.9 Å². The normalized spacial score (nSPS) is 18.5. The number of carbonyl (C=O) groups is 4. The van der Waals surface area contributed by atoms with Crippen LogP contribution in [0.3, 0.4) is 0 Å². The first-order valence-corrected chi connectivity index (χ1v) is 19.3. The molecule has 0 radical (unpaired) electrons. The molecule has 0 aromatic carbocycles. The van der Waals surface area contributed by atoms with Gasteiger partial charge >= 0.3 is 11.9 Å². The van der Waals surface area contributed by atoms with Crippen molar-refractivity contribution in [1.82, 2.24) is 15.3 Å². The molecule has 11 nitrogen and oxygen atoms in total. The molecular weight excluding hydrogens is 705 g/mol. The maximum absolute atomic E-state index is 12.9. The largest absolute Gasteiger partial charge is 0.461 e.